The minimum Gasteiger partial charge on any atom is -0.456 e. The molecule has 0 saturated carbocycles. The van der Waals surface area contributed by atoms with Gasteiger partial charge in [0.15, 0.2) is 0 Å². The standard InChI is InChI=1S/C52H33NO2/c1-3-13-34(14-4-1)38-31-39(35-15-5-2-6-16-35)33-41(32-38)53(46-21-12-24-49-51(46)45-30-27-36-17-7-8-18-43(36)52(45)55-49)40-28-25-37(26-29-40)42-20-11-23-48-50(42)44-19-9-10-22-47(44)54-48/h1-33H. The van der Waals surface area contributed by atoms with Crippen molar-refractivity contribution < 1.29 is 8.83 Å². The molecule has 0 saturated heterocycles. The van der Waals surface area contributed by atoms with Crippen LogP contribution in [0.15, 0.2) is 209 Å². The van der Waals surface area contributed by atoms with Gasteiger partial charge in [-0.2, -0.15) is 0 Å². The second-order valence-corrected chi connectivity index (χ2v) is 14.1. The molecule has 11 aromatic rings. The van der Waals surface area contributed by atoms with Crippen molar-refractivity contribution in [2.45, 2.75) is 0 Å². The van der Waals surface area contributed by atoms with Crippen molar-refractivity contribution in [3.8, 4) is 33.4 Å². The maximum absolute atomic E-state index is 6.72. The normalized spacial score (nSPS) is 11.6. The van der Waals surface area contributed by atoms with Crippen LogP contribution in [0.4, 0.5) is 17.1 Å². The summed E-state index contributed by atoms with van der Waals surface area (Å²) in [5.74, 6) is 0. The first-order chi connectivity index (χ1) is 27.3. The highest BCUT2D eigenvalue weighted by atomic mass is 16.3. The van der Waals surface area contributed by atoms with Gasteiger partial charge in [-0.25, -0.2) is 0 Å². The van der Waals surface area contributed by atoms with E-state index in [1.165, 1.54) is 0 Å². The molecule has 11 rings (SSSR count). The SMILES string of the molecule is c1ccc(-c2cc(-c3ccccc3)cc(N(c3ccc(-c4cccc5oc6ccccc6c45)cc3)c3cccc4oc5c6ccccc6ccc5c34)c2)cc1. The molecule has 0 aliphatic heterocycles. The molecule has 55 heavy (non-hydrogen) atoms. The summed E-state index contributed by atoms with van der Waals surface area (Å²) in [5.41, 5.74) is 13.6. The van der Waals surface area contributed by atoms with E-state index in [-0.39, 0.29) is 0 Å². The third kappa shape index (κ3) is 5.20. The van der Waals surface area contributed by atoms with Gasteiger partial charge in [0.05, 0.1) is 11.1 Å². The van der Waals surface area contributed by atoms with Crippen molar-refractivity contribution in [2.75, 3.05) is 4.90 Å². The summed E-state index contributed by atoms with van der Waals surface area (Å²) < 4.78 is 13.0. The maximum atomic E-state index is 6.72. The van der Waals surface area contributed by atoms with E-state index in [1.807, 2.05) is 12.1 Å². The molecule has 0 aliphatic carbocycles. The van der Waals surface area contributed by atoms with Crippen molar-refractivity contribution in [1.29, 1.82) is 0 Å². The average molecular weight is 704 g/mol. The molecule has 3 nitrogen and oxygen atoms in total. The molecule has 2 heterocycles. The van der Waals surface area contributed by atoms with E-state index >= 15 is 0 Å². The van der Waals surface area contributed by atoms with E-state index in [2.05, 4.69) is 193 Å². The van der Waals surface area contributed by atoms with Crippen LogP contribution in [0.2, 0.25) is 0 Å². The molecular formula is C52H33NO2. The monoisotopic (exact) mass is 703 g/mol. The van der Waals surface area contributed by atoms with Crippen molar-refractivity contribution in [2.24, 2.45) is 0 Å². The van der Waals surface area contributed by atoms with Crippen LogP contribution in [-0.4, -0.2) is 0 Å². The van der Waals surface area contributed by atoms with E-state index in [4.69, 9.17) is 8.83 Å². The van der Waals surface area contributed by atoms with Gasteiger partial charge < -0.3 is 13.7 Å². The molecule has 0 radical (unpaired) electrons. The highest BCUT2D eigenvalue weighted by Crippen LogP contribution is 2.46. The van der Waals surface area contributed by atoms with Gasteiger partial charge >= 0.3 is 0 Å². The Hall–Kier alpha value is -7.36. The number of benzene rings is 9. The zero-order valence-corrected chi connectivity index (χ0v) is 29.8. The number of para-hydroxylation sites is 1. The van der Waals surface area contributed by atoms with E-state index in [0.29, 0.717) is 0 Å². The van der Waals surface area contributed by atoms with Crippen LogP contribution in [-0.2, 0) is 0 Å². The fourth-order valence-electron chi connectivity index (χ4n) is 8.29. The van der Waals surface area contributed by atoms with E-state index in [1.54, 1.807) is 0 Å². The second-order valence-electron chi connectivity index (χ2n) is 14.1. The Morgan fingerprint density at radius 2 is 0.945 bits per heavy atom. The third-order valence-corrected chi connectivity index (χ3v) is 10.8. The van der Waals surface area contributed by atoms with Crippen LogP contribution in [0.1, 0.15) is 0 Å². The molecule has 0 bridgehead atoms. The summed E-state index contributed by atoms with van der Waals surface area (Å²) in [7, 11) is 0. The molecule has 0 unspecified atom stereocenters. The second kappa shape index (κ2) is 12.6. The Labute approximate surface area is 317 Å². The van der Waals surface area contributed by atoms with Crippen LogP contribution in [0.25, 0.3) is 88.0 Å². The molecule has 0 fully saturated rings. The first kappa shape index (κ1) is 31.2. The zero-order chi connectivity index (χ0) is 36.3. The van der Waals surface area contributed by atoms with E-state index in [0.717, 1.165) is 105 Å². The van der Waals surface area contributed by atoms with Crippen LogP contribution < -0.4 is 4.90 Å². The first-order valence-electron chi connectivity index (χ1n) is 18.7. The van der Waals surface area contributed by atoms with Gasteiger partial charge in [0, 0.05) is 32.9 Å². The van der Waals surface area contributed by atoms with Gasteiger partial charge in [-0.05, 0) is 99.4 Å². The lowest BCUT2D eigenvalue weighted by molar-refractivity contribution is 0.669. The summed E-state index contributed by atoms with van der Waals surface area (Å²) in [6, 6.07) is 71.0. The number of fused-ring (bicyclic) bond motifs is 8. The van der Waals surface area contributed by atoms with Gasteiger partial charge in [-0.3, -0.25) is 0 Å². The third-order valence-electron chi connectivity index (χ3n) is 10.8. The smallest absolute Gasteiger partial charge is 0.143 e. The van der Waals surface area contributed by atoms with Gasteiger partial charge in [-0.15, -0.1) is 0 Å². The Balaban J connectivity index is 1.16. The number of furan rings is 2. The summed E-state index contributed by atoms with van der Waals surface area (Å²) in [6.45, 7) is 0. The number of anilines is 3. The maximum Gasteiger partial charge on any atom is 0.143 e. The summed E-state index contributed by atoms with van der Waals surface area (Å²) in [4.78, 5) is 2.39. The van der Waals surface area contributed by atoms with Crippen molar-refractivity contribution in [1.82, 2.24) is 0 Å². The lowest BCUT2D eigenvalue weighted by Gasteiger charge is -2.28. The molecule has 0 N–H and O–H groups in total. The Kier molecular flexibility index (Phi) is 7.17. The van der Waals surface area contributed by atoms with Gasteiger partial charge in [0.25, 0.3) is 0 Å². The largest absolute Gasteiger partial charge is 0.456 e. The molecule has 9 aromatic carbocycles. The quantitative estimate of drug-likeness (QED) is 0.173. The minimum absolute atomic E-state index is 0.853. The Morgan fingerprint density at radius 1 is 0.327 bits per heavy atom. The van der Waals surface area contributed by atoms with E-state index in [9.17, 15) is 0 Å². The number of hydrogen-bond acceptors (Lipinski definition) is 3. The lowest BCUT2D eigenvalue weighted by Crippen LogP contribution is -2.11. The predicted octanol–water partition coefficient (Wildman–Crippen LogP) is 15.1. The molecule has 0 amide bonds. The molecule has 0 spiro atoms. The fraction of sp³-hybridized carbons (Fsp3) is 0. The average Bonchev–Trinajstić information content (AvgIpc) is 3.84. The summed E-state index contributed by atoms with van der Waals surface area (Å²) in [5, 5.41) is 6.69. The first-order valence-corrected chi connectivity index (χ1v) is 18.7. The predicted molar refractivity (Wildman–Crippen MR) is 229 cm³/mol. The Morgan fingerprint density at radius 3 is 1.69 bits per heavy atom. The highest BCUT2D eigenvalue weighted by Gasteiger charge is 2.22. The van der Waals surface area contributed by atoms with Crippen molar-refractivity contribution in [3.63, 3.8) is 0 Å². The van der Waals surface area contributed by atoms with Gasteiger partial charge in [0.2, 0.25) is 0 Å². The van der Waals surface area contributed by atoms with Gasteiger partial charge in [0.1, 0.15) is 22.3 Å². The molecule has 0 aliphatic rings. The molecule has 2 aromatic heterocycles. The fourth-order valence-corrected chi connectivity index (χ4v) is 8.29. The molecule has 3 heteroatoms. The molecule has 258 valence electrons. The topological polar surface area (TPSA) is 29.5 Å². The van der Waals surface area contributed by atoms with Crippen LogP contribution in [0.3, 0.4) is 0 Å². The van der Waals surface area contributed by atoms with Crippen molar-refractivity contribution in [3.05, 3.63) is 200 Å². The number of nitrogens with zero attached hydrogens (tertiary/aromatic N) is 1. The van der Waals surface area contributed by atoms with Crippen LogP contribution in [0, 0.1) is 0 Å². The summed E-state index contributed by atoms with van der Waals surface area (Å²) >= 11 is 0. The van der Waals surface area contributed by atoms with Crippen LogP contribution in [0.5, 0.6) is 0 Å². The number of hydrogen-bond donors (Lipinski definition) is 0. The zero-order valence-electron chi connectivity index (χ0n) is 29.8. The minimum atomic E-state index is 0.853. The molecular weight excluding hydrogens is 671 g/mol. The number of rotatable bonds is 6. The van der Waals surface area contributed by atoms with Gasteiger partial charge in [-0.1, -0.05) is 140 Å². The Bertz CT molecular complexity index is 3140. The van der Waals surface area contributed by atoms with Crippen LogP contribution >= 0.6 is 0 Å². The van der Waals surface area contributed by atoms with E-state index < -0.39 is 0 Å². The van der Waals surface area contributed by atoms with Crippen molar-refractivity contribution >= 4 is 71.7 Å². The lowest BCUT2D eigenvalue weighted by atomic mass is 9.96. The summed E-state index contributed by atoms with van der Waals surface area (Å²) in [6.07, 6.45) is 0. The highest BCUT2D eigenvalue weighted by molar-refractivity contribution is 6.20. The molecule has 0 atom stereocenters.